The highest BCUT2D eigenvalue weighted by Gasteiger charge is 2.18. The smallest absolute Gasteiger partial charge is 0.278 e. The Labute approximate surface area is 92.3 Å². The van der Waals surface area contributed by atoms with Gasteiger partial charge in [-0.2, -0.15) is 0 Å². The van der Waals surface area contributed by atoms with E-state index in [-0.39, 0.29) is 18.7 Å². The predicted octanol–water partition coefficient (Wildman–Crippen LogP) is 1.74. The summed E-state index contributed by atoms with van der Waals surface area (Å²) in [7, 11) is 1.48. The molecule has 1 aromatic rings. The molecule has 1 N–H and O–H groups in total. The molecule has 0 atom stereocenters. The number of hydrogen-bond donors (Lipinski definition) is 1. The summed E-state index contributed by atoms with van der Waals surface area (Å²) in [5.41, 5.74) is 1.03. The van der Waals surface area contributed by atoms with Crippen molar-refractivity contribution in [2.75, 3.05) is 7.11 Å². The summed E-state index contributed by atoms with van der Waals surface area (Å²) in [5, 5.41) is 22.1. The van der Waals surface area contributed by atoms with Gasteiger partial charge in [0.1, 0.15) is 0 Å². The van der Waals surface area contributed by atoms with Gasteiger partial charge in [-0.15, -0.1) is 5.16 Å². The van der Waals surface area contributed by atoms with Gasteiger partial charge in [0.05, 0.1) is 17.1 Å². The Kier molecular flexibility index (Phi) is 4.41. The summed E-state index contributed by atoms with van der Waals surface area (Å²) < 4.78 is 4.89. The fourth-order valence-electron chi connectivity index (χ4n) is 1.45. The zero-order chi connectivity index (χ0) is 12.0. The third-order valence-electron chi connectivity index (χ3n) is 2.08. The van der Waals surface area contributed by atoms with Crippen molar-refractivity contribution in [3.8, 4) is 0 Å². The van der Waals surface area contributed by atoms with Gasteiger partial charge in [-0.1, -0.05) is 12.1 Å². The van der Waals surface area contributed by atoms with Gasteiger partial charge >= 0.3 is 0 Å². The molecule has 0 spiro atoms. The van der Waals surface area contributed by atoms with Crippen molar-refractivity contribution in [2.24, 2.45) is 5.16 Å². The fourth-order valence-corrected chi connectivity index (χ4v) is 1.45. The largest absolute Gasteiger partial charge is 0.411 e. The van der Waals surface area contributed by atoms with Crippen LogP contribution in [0.15, 0.2) is 23.4 Å². The quantitative estimate of drug-likeness (QED) is 0.357. The van der Waals surface area contributed by atoms with E-state index < -0.39 is 4.92 Å². The Morgan fingerprint density at radius 2 is 2.25 bits per heavy atom. The molecule has 0 saturated heterocycles. The van der Waals surface area contributed by atoms with E-state index >= 15 is 0 Å². The second kappa shape index (κ2) is 5.82. The van der Waals surface area contributed by atoms with Crippen LogP contribution in [0.2, 0.25) is 0 Å². The molecule has 86 valence electrons. The normalized spacial score (nSPS) is 10.8. The monoisotopic (exact) mass is 224 g/mol. The van der Waals surface area contributed by atoms with Gasteiger partial charge in [0.25, 0.3) is 5.69 Å². The zero-order valence-corrected chi connectivity index (χ0v) is 8.79. The van der Waals surface area contributed by atoms with Crippen LogP contribution in [-0.2, 0) is 17.8 Å². The van der Waals surface area contributed by atoms with Crippen LogP contribution in [0.1, 0.15) is 11.1 Å². The SMILES string of the molecule is COCc1cccc(C/C=N/O)c1[N+](=O)[O-]. The molecular formula is C10H12N2O4. The Bertz CT molecular complexity index is 404. The topological polar surface area (TPSA) is 85.0 Å². The molecule has 0 aliphatic rings. The number of nitro benzene ring substituents is 1. The fraction of sp³-hybridized carbons (Fsp3) is 0.300. The number of nitrogens with zero attached hydrogens (tertiary/aromatic N) is 2. The number of benzene rings is 1. The van der Waals surface area contributed by atoms with E-state index in [1.54, 1.807) is 18.2 Å². The van der Waals surface area contributed by atoms with Crippen molar-refractivity contribution < 1.29 is 14.9 Å². The summed E-state index contributed by atoms with van der Waals surface area (Å²) in [6.07, 6.45) is 1.42. The molecule has 0 saturated carbocycles. The van der Waals surface area contributed by atoms with Gasteiger partial charge in [0.2, 0.25) is 0 Å². The van der Waals surface area contributed by atoms with E-state index in [9.17, 15) is 10.1 Å². The van der Waals surface area contributed by atoms with Crippen molar-refractivity contribution in [3.05, 3.63) is 39.4 Å². The molecule has 0 bridgehead atoms. The molecule has 1 rings (SSSR count). The third-order valence-corrected chi connectivity index (χ3v) is 2.08. The summed E-state index contributed by atoms with van der Waals surface area (Å²) in [4.78, 5) is 10.5. The van der Waals surface area contributed by atoms with E-state index in [4.69, 9.17) is 9.94 Å². The summed E-state index contributed by atoms with van der Waals surface area (Å²) in [6.45, 7) is 0.181. The highest BCUT2D eigenvalue weighted by Crippen LogP contribution is 2.24. The molecule has 0 unspecified atom stereocenters. The minimum Gasteiger partial charge on any atom is -0.411 e. The lowest BCUT2D eigenvalue weighted by Gasteiger charge is -2.05. The van der Waals surface area contributed by atoms with Crippen molar-refractivity contribution in [2.45, 2.75) is 13.0 Å². The number of oxime groups is 1. The molecule has 0 fully saturated rings. The van der Waals surface area contributed by atoms with E-state index in [0.29, 0.717) is 11.1 Å². The summed E-state index contributed by atoms with van der Waals surface area (Å²) >= 11 is 0. The molecule has 1 aromatic carbocycles. The number of para-hydroxylation sites is 1. The maximum absolute atomic E-state index is 10.9. The lowest BCUT2D eigenvalue weighted by atomic mass is 10.1. The maximum atomic E-state index is 10.9. The molecule has 16 heavy (non-hydrogen) atoms. The van der Waals surface area contributed by atoms with Crippen LogP contribution in [0.3, 0.4) is 0 Å². The van der Waals surface area contributed by atoms with Gasteiger partial charge in [-0.25, -0.2) is 0 Å². The number of rotatable bonds is 5. The third kappa shape index (κ3) is 2.77. The number of nitro groups is 1. The highest BCUT2D eigenvalue weighted by atomic mass is 16.6. The second-order valence-electron chi connectivity index (χ2n) is 3.12. The first-order valence-corrected chi connectivity index (χ1v) is 4.60. The average molecular weight is 224 g/mol. The first kappa shape index (κ1) is 12.1. The van der Waals surface area contributed by atoms with Crippen LogP contribution >= 0.6 is 0 Å². The van der Waals surface area contributed by atoms with Crippen molar-refractivity contribution in [3.63, 3.8) is 0 Å². The van der Waals surface area contributed by atoms with Crippen LogP contribution in [0.5, 0.6) is 0 Å². The van der Waals surface area contributed by atoms with Gasteiger partial charge in [0, 0.05) is 25.3 Å². The van der Waals surface area contributed by atoms with Gasteiger partial charge < -0.3 is 9.94 Å². The second-order valence-corrected chi connectivity index (χ2v) is 3.12. The van der Waals surface area contributed by atoms with E-state index in [1.165, 1.54) is 13.3 Å². The minimum atomic E-state index is -0.450. The van der Waals surface area contributed by atoms with E-state index in [1.807, 2.05) is 0 Å². The van der Waals surface area contributed by atoms with Crippen LogP contribution < -0.4 is 0 Å². The molecule has 6 heteroatoms. The molecule has 6 nitrogen and oxygen atoms in total. The standard InChI is InChI=1S/C10H12N2O4/c1-16-7-9-4-2-3-8(5-6-11-13)10(9)12(14)15/h2-4,6,13H,5,7H2,1H3/b11-6+. The van der Waals surface area contributed by atoms with Crippen molar-refractivity contribution in [1.29, 1.82) is 0 Å². The Balaban J connectivity index is 3.15. The van der Waals surface area contributed by atoms with E-state index in [2.05, 4.69) is 5.16 Å². The molecule has 0 amide bonds. The van der Waals surface area contributed by atoms with Crippen molar-refractivity contribution in [1.82, 2.24) is 0 Å². The summed E-state index contributed by atoms with van der Waals surface area (Å²) in [5.74, 6) is 0. The van der Waals surface area contributed by atoms with Crippen LogP contribution in [0.4, 0.5) is 5.69 Å². The molecule has 0 aromatic heterocycles. The van der Waals surface area contributed by atoms with Gasteiger partial charge in [-0.05, 0) is 6.07 Å². The molecule has 0 heterocycles. The highest BCUT2D eigenvalue weighted by molar-refractivity contribution is 5.64. The Morgan fingerprint density at radius 3 is 2.81 bits per heavy atom. The van der Waals surface area contributed by atoms with Gasteiger partial charge in [-0.3, -0.25) is 10.1 Å². The molecule has 0 aliphatic carbocycles. The minimum absolute atomic E-state index is 0.0178. The molecule has 0 aliphatic heterocycles. The predicted molar refractivity (Wildman–Crippen MR) is 57.8 cm³/mol. The number of methoxy groups -OCH3 is 1. The lowest BCUT2D eigenvalue weighted by Crippen LogP contribution is -2.02. The molecular weight excluding hydrogens is 212 g/mol. The molecule has 0 radical (unpaired) electrons. The Morgan fingerprint density at radius 1 is 1.56 bits per heavy atom. The maximum Gasteiger partial charge on any atom is 0.278 e. The van der Waals surface area contributed by atoms with Crippen LogP contribution in [0, 0.1) is 10.1 Å². The first-order valence-electron chi connectivity index (χ1n) is 4.60. The average Bonchev–Trinajstić information content (AvgIpc) is 2.26. The lowest BCUT2D eigenvalue weighted by molar-refractivity contribution is -0.386. The first-order chi connectivity index (χ1) is 7.70. The number of ether oxygens (including phenoxy) is 1. The summed E-state index contributed by atoms with van der Waals surface area (Å²) in [6, 6.07) is 4.97. The van der Waals surface area contributed by atoms with Crippen LogP contribution in [-0.4, -0.2) is 23.5 Å². The zero-order valence-electron chi connectivity index (χ0n) is 8.79. The number of hydrogen-bond acceptors (Lipinski definition) is 5. The van der Waals surface area contributed by atoms with Crippen LogP contribution in [0.25, 0.3) is 0 Å². The van der Waals surface area contributed by atoms with E-state index in [0.717, 1.165) is 0 Å². The Hall–Kier alpha value is -1.95. The van der Waals surface area contributed by atoms with Gasteiger partial charge in [0.15, 0.2) is 0 Å². The van der Waals surface area contributed by atoms with Crippen molar-refractivity contribution >= 4 is 11.9 Å².